The maximum atomic E-state index is 13.5. The smallest absolute Gasteiger partial charge is 0.267 e. The quantitative estimate of drug-likeness (QED) is 0.306. The van der Waals surface area contributed by atoms with Crippen molar-refractivity contribution in [3.63, 3.8) is 0 Å². The fraction of sp³-hybridized carbons (Fsp3) is 0.111. The molecule has 0 unspecified atom stereocenters. The summed E-state index contributed by atoms with van der Waals surface area (Å²) in [4.78, 5) is 20.7. The Balaban J connectivity index is 1.66. The van der Waals surface area contributed by atoms with Crippen LogP contribution in [0.4, 0.5) is 5.69 Å². The Labute approximate surface area is 192 Å². The van der Waals surface area contributed by atoms with E-state index in [0.29, 0.717) is 16.7 Å². The summed E-state index contributed by atoms with van der Waals surface area (Å²) in [5, 5.41) is 0.676. The van der Waals surface area contributed by atoms with Crippen molar-refractivity contribution in [2.24, 2.45) is 4.99 Å². The Morgan fingerprint density at radius 3 is 2.31 bits per heavy atom. The number of ether oxygens (including phenoxy) is 1. The normalized spacial score (nSPS) is 17.0. The van der Waals surface area contributed by atoms with Crippen LogP contribution in [0.5, 0.6) is 5.75 Å². The number of benzene rings is 3. The van der Waals surface area contributed by atoms with Gasteiger partial charge in [-0.3, -0.25) is 9.69 Å². The summed E-state index contributed by atoms with van der Waals surface area (Å²) in [5.74, 6) is 0.719. The number of aliphatic imine (C=N–C) groups is 1. The highest BCUT2D eigenvalue weighted by molar-refractivity contribution is 8.18. The molecule has 0 saturated carbocycles. The van der Waals surface area contributed by atoms with Gasteiger partial charge in [0.15, 0.2) is 5.17 Å². The van der Waals surface area contributed by atoms with Crippen molar-refractivity contribution in [3.8, 4) is 5.75 Å². The van der Waals surface area contributed by atoms with E-state index in [1.54, 1.807) is 11.0 Å². The minimum Gasteiger partial charge on any atom is -0.490 e. The molecular formula is C27H24N2O2S. The Kier molecular flexibility index (Phi) is 6.87. The molecule has 1 atom stereocenters. The molecule has 4 nitrogen and oxygen atoms in total. The van der Waals surface area contributed by atoms with Crippen LogP contribution >= 0.6 is 11.8 Å². The van der Waals surface area contributed by atoms with Crippen LogP contribution in [0.25, 0.3) is 6.08 Å². The predicted molar refractivity (Wildman–Crippen MR) is 133 cm³/mol. The fourth-order valence-corrected chi connectivity index (χ4v) is 4.43. The molecule has 0 bridgehead atoms. The van der Waals surface area contributed by atoms with Crippen LogP contribution in [0.3, 0.4) is 0 Å². The average Bonchev–Trinajstić information content (AvgIpc) is 3.13. The van der Waals surface area contributed by atoms with Crippen LogP contribution in [0, 0.1) is 0 Å². The predicted octanol–water partition coefficient (Wildman–Crippen LogP) is 6.62. The van der Waals surface area contributed by atoms with Gasteiger partial charge in [-0.05, 0) is 60.2 Å². The lowest BCUT2D eigenvalue weighted by molar-refractivity contribution is -0.123. The zero-order valence-electron chi connectivity index (χ0n) is 17.8. The molecule has 0 spiro atoms. The van der Waals surface area contributed by atoms with Crippen molar-refractivity contribution in [1.29, 1.82) is 0 Å². The number of carbonyl (C=O) groups excluding carboxylic acids is 1. The highest BCUT2D eigenvalue weighted by Crippen LogP contribution is 2.39. The van der Waals surface area contributed by atoms with Crippen LogP contribution in [0.2, 0.25) is 0 Å². The summed E-state index contributed by atoms with van der Waals surface area (Å²) >= 11 is 1.40. The summed E-state index contributed by atoms with van der Waals surface area (Å²) in [6, 6.07) is 27.3. The van der Waals surface area contributed by atoms with E-state index in [1.807, 2.05) is 97.9 Å². The Bertz CT molecular complexity index is 1140. The molecule has 4 rings (SSSR count). The number of amidine groups is 1. The second-order valence-electron chi connectivity index (χ2n) is 7.27. The fourth-order valence-electron chi connectivity index (χ4n) is 3.37. The van der Waals surface area contributed by atoms with Gasteiger partial charge in [0.2, 0.25) is 0 Å². The van der Waals surface area contributed by atoms with Gasteiger partial charge in [0, 0.05) is 0 Å². The number of hydrogen-bond donors (Lipinski definition) is 0. The van der Waals surface area contributed by atoms with Gasteiger partial charge in [-0.2, -0.15) is 0 Å². The standard InChI is InChI=1S/C27H24N2O2S/c1-3-18-31-24-16-14-21(15-17-24)19-25-26(30)29(20(2)22-10-6-4-7-11-22)27(32-25)28-23-12-8-5-9-13-23/h3-17,19-20H,1,18H2,2H3/b25-19+,28-27?/t20-/m0/s1. The lowest BCUT2D eigenvalue weighted by Crippen LogP contribution is -2.32. The molecule has 1 saturated heterocycles. The SMILES string of the molecule is C=CCOc1ccc(/C=C2/SC(=Nc3ccccc3)N([C@@H](C)c3ccccc3)C2=O)cc1. The first kappa shape index (κ1) is 21.7. The third-order valence-corrected chi connectivity index (χ3v) is 6.02. The van der Waals surface area contributed by atoms with E-state index in [0.717, 1.165) is 22.6 Å². The van der Waals surface area contributed by atoms with Gasteiger partial charge in [-0.25, -0.2) is 4.99 Å². The van der Waals surface area contributed by atoms with E-state index in [2.05, 4.69) is 6.58 Å². The third-order valence-electron chi connectivity index (χ3n) is 5.03. The minimum absolute atomic E-state index is 0.0481. The van der Waals surface area contributed by atoms with Crippen molar-refractivity contribution in [2.45, 2.75) is 13.0 Å². The summed E-state index contributed by atoms with van der Waals surface area (Å²) in [5.41, 5.74) is 2.81. The lowest BCUT2D eigenvalue weighted by atomic mass is 10.1. The third kappa shape index (κ3) is 5.01. The molecule has 0 aliphatic carbocycles. The molecule has 1 aliphatic heterocycles. The second-order valence-corrected chi connectivity index (χ2v) is 8.28. The second kappa shape index (κ2) is 10.2. The van der Waals surface area contributed by atoms with Crippen LogP contribution < -0.4 is 4.74 Å². The Morgan fingerprint density at radius 1 is 1.00 bits per heavy atom. The van der Waals surface area contributed by atoms with Gasteiger partial charge >= 0.3 is 0 Å². The van der Waals surface area contributed by atoms with Gasteiger partial charge < -0.3 is 4.74 Å². The first-order valence-corrected chi connectivity index (χ1v) is 11.2. The highest BCUT2D eigenvalue weighted by Gasteiger charge is 2.37. The van der Waals surface area contributed by atoms with Crippen molar-refractivity contribution in [2.75, 3.05) is 6.61 Å². The van der Waals surface area contributed by atoms with E-state index in [-0.39, 0.29) is 11.9 Å². The van der Waals surface area contributed by atoms with Crippen LogP contribution in [0.15, 0.2) is 107 Å². The molecule has 3 aromatic rings. The number of para-hydroxylation sites is 1. The van der Waals surface area contributed by atoms with E-state index in [4.69, 9.17) is 9.73 Å². The summed E-state index contributed by atoms with van der Waals surface area (Å²) < 4.78 is 5.54. The maximum absolute atomic E-state index is 13.5. The minimum atomic E-state index is -0.140. The summed E-state index contributed by atoms with van der Waals surface area (Å²) in [7, 11) is 0. The summed E-state index contributed by atoms with van der Waals surface area (Å²) in [6.45, 7) is 6.15. The van der Waals surface area contributed by atoms with E-state index < -0.39 is 0 Å². The molecule has 1 fully saturated rings. The molecule has 1 amide bonds. The molecule has 5 heteroatoms. The number of hydrogen-bond acceptors (Lipinski definition) is 4. The van der Waals surface area contributed by atoms with Crippen molar-refractivity contribution >= 4 is 34.6 Å². The van der Waals surface area contributed by atoms with Crippen molar-refractivity contribution < 1.29 is 9.53 Å². The zero-order valence-corrected chi connectivity index (χ0v) is 18.7. The largest absolute Gasteiger partial charge is 0.490 e. The number of nitrogens with zero attached hydrogens (tertiary/aromatic N) is 2. The van der Waals surface area contributed by atoms with Crippen LogP contribution in [-0.4, -0.2) is 22.6 Å². The number of carbonyl (C=O) groups is 1. The molecule has 160 valence electrons. The first-order valence-electron chi connectivity index (χ1n) is 10.4. The molecule has 32 heavy (non-hydrogen) atoms. The van der Waals surface area contributed by atoms with Gasteiger partial charge in [-0.1, -0.05) is 73.3 Å². The maximum Gasteiger partial charge on any atom is 0.267 e. The molecular weight excluding hydrogens is 416 g/mol. The first-order chi connectivity index (χ1) is 15.7. The number of rotatable bonds is 7. The molecule has 1 aliphatic rings. The molecule has 3 aromatic carbocycles. The monoisotopic (exact) mass is 440 g/mol. The molecule has 1 heterocycles. The number of thioether (sulfide) groups is 1. The topological polar surface area (TPSA) is 41.9 Å². The Morgan fingerprint density at radius 2 is 1.66 bits per heavy atom. The Hall–Kier alpha value is -3.57. The van der Waals surface area contributed by atoms with E-state index in [1.165, 1.54) is 11.8 Å². The molecule has 0 N–H and O–H groups in total. The van der Waals surface area contributed by atoms with Gasteiger partial charge in [0.1, 0.15) is 12.4 Å². The number of amides is 1. The van der Waals surface area contributed by atoms with E-state index >= 15 is 0 Å². The van der Waals surface area contributed by atoms with Crippen LogP contribution in [-0.2, 0) is 4.79 Å². The molecule has 0 aromatic heterocycles. The zero-order chi connectivity index (χ0) is 22.3. The highest BCUT2D eigenvalue weighted by atomic mass is 32.2. The van der Waals surface area contributed by atoms with Crippen molar-refractivity contribution in [1.82, 2.24) is 4.90 Å². The van der Waals surface area contributed by atoms with Gasteiger partial charge in [0.25, 0.3) is 5.91 Å². The van der Waals surface area contributed by atoms with Crippen molar-refractivity contribution in [3.05, 3.63) is 114 Å². The van der Waals surface area contributed by atoms with Crippen LogP contribution in [0.1, 0.15) is 24.1 Å². The summed E-state index contributed by atoms with van der Waals surface area (Å²) in [6.07, 6.45) is 3.61. The lowest BCUT2D eigenvalue weighted by Gasteiger charge is -2.24. The average molecular weight is 441 g/mol. The molecule has 0 radical (unpaired) electrons. The van der Waals surface area contributed by atoms with Gasteiger partial charge in [-0.15, -0.1) is 0 Å². The van der Waals surface area contributed by atoms with Gasteiger partial charge in [0.05, 0.1) is 16.6 Å². The van der Waals surface area contributed by atoms with E-state index in [9.17, 15) is 4.79 Å².